The minimum atomic E-state index is -0.614. The Balaban J connectivity index is 2.85. The minimum absolute atomic E-state index is 0.339. The summed E-state index contributed by atoms with van der Waals surface area (Å²) < 4.78 is 25.2. The lowest BCUT2D eigenvalue weighted by Gasteiger charge is -1.92. The van der Waals surface area contributed by atoms with E-state index in [1.807, 2.05) is 0 Å². The van der Waals surface area contributed by atoms with Crippen LogP contribution in [0.5, 0.6) is 0 Å². The molecule has 3 heteroatoms. The maximum Gasteiger partial charge on any atom is 0.127 e. The fourth-order valence-corrected chi connectivity index (χ4v) is 0.863. The van der Waals surface area contributed by atoms with Crippen LogP contribution < -0.4 is 5.73 Å². The highest BCUT2D eigenvalue weighted by atomic mass is 19.1. The van der Waals surface area contributed by atoms with Gasteiger partial charge in [-0.15, -0.1) is 0 Å². The van der Waals surface area contributed by atoms with Crippen molar-refractivity contribution < 1.29 is 8.78 Å². The van der Waals surface area contributed by atoms with Gasteiger partial charge in [-0.1, -0.05) is 11.8 Å². The lowest BCUT2D eigenvalue weighted by Crippen LogP contribution is -1.95. The highest BCUT2D eigenvalue weighted by Gasteiger charge is 1.96. The van der Waals surface area contributed by atoms with Crippen molar-refractivity contribution in [2.75, 3.05) is 6.54 Å². The van der Waals surface area contributed by atoms with E-state index in [9.17, 15) is 8.78 Å². The van der Waals surface area contributed by atoms with Crippen molar-refractivity contribution in [3.8, 4) is 11.8 Å². The number of nitrogens with two attached hydrogens (primary N) is 1. The molecule has 0 radical (unpaired) electrons. The first-order valence-corrected chi connectivity index (χ1v) is 3.87. The summed E-state index contributed by atoms with van der Waals surface area (Å²) in [5, 5.41) is 0. The van der Waals surface area contributed by atoms with Crippen LogP contribution in [0.4, 0.5) is 8.78 Å². The van der Waals surface area contributed by atoms with Crippen molar-refractivity contribution in [3.05, 3.63) is 35.4 Å². The van der Waals surface area contributed by atoms with Crippen molar-refractivity contribution in [1.29, 1.82) is 0 Å². The number of halogens is 2. The van der Waals surface area contributed by atoms with Gasteiger partial charge in [-0.3, -0.25) is 0 Å². The average molecular weight is 181 g/mol. The Morgan fingerprint density at radius 1 is 1.15 bits per heavy atom. The second-order valence-electron chi connectivity index (χ2n) is 2.50. The van der Waals surface area contributed by atoms with E-state index in [0.29, 0.717) is 18.5 Å². The zero-order chi connectivity index (χ0) is 9.68. The largest absolute Gasteiger partial charge is 0.330 e. The fourth-order valence-electron chi connectivity index (χ4n) is 0.863. The van der Waals surface area contributed by atoms with E-state index in [1.54, 1.807) is 0 Å². The molecule has 0 fully saturated rings. The first-order valence-electron chi connectivity index (χ1n) is 3.87. The molecule has 0 spiro atoms. The summed E-state index contributed by atoms with van der Waals surface area (Å²) in [6, 6.07) is 3.19. The lowest BCUT2D eigenvalue weighted by atomic mass is 10.2. The second-order valence-corrected chi connectivity index (χ2v) is 2.50. The molecule has 0 aliphatic carbocycles. The Labute approximate surface area is 75.6 Å². The molecular weight excluding hydrogens is 172 g/mol. The van der Waals surface area contributed by atoms with Gasteiger partial charge in [0.2, 0.25) is 0 Å². The van der Waals surface area contributed by atoms with E-state index in [4.69, 9.17) is 5.73 Å². The Hall–Kier alpha value is -1.40. The molecule has 13 heavy (non-hydrogen) atoms. The van der Waals surface area contributed by atoms with E-state index >= 15 is 0 Å². The number of benzene rings is 1. The van der Waals surface area contributed by atoms with Crippen molar-refractivity contribution in [2.24, 2.45) is 5.73 Å². The number of hydrogen-bond donors (Lipinski definition) is 1. The van der Waals surface area contributed by atoms with Crippen molar-refractivity contribution in [2.45, 2.75) is 6.42 Å². The lowest BCUT2D eigenvalue weighted by molar-refractivity contribution is 0.582. The zero-order valence-electron chi connectivity index (χ0n) is 6.98. The molecule has 0 aliphatic heterocycles. The third-order valence-electron chi connectivity index (χ3n) is 1.36. The minimum Gasteiger partial charge on any atom is -0.330 e. The van der Waals surface area contributed by atoms with Gasteiger partial charge in [-0.25, -0.2) is 8.78 Å². The monoisotopic (exact) mass is 181 g/mol. The maximum atomic E-state index is 12.6. The summed E-state index contributed by atoms with van der Waals surface area (Å²) >= 11 is 0. The van der Waals surface area contributed by atoms with E-state index in [2.05, 4.69) is 11.8 Å². The molecule has 0 aromatic heterocycles. The summed E-state index contributed by atoms with van der Waals surface area (Å²) in [4.78, 5) is 0. The summed E-state index contributed by atoms with van der Waals surface area (Å²) in [6.45, 7) is 0.449. The summed E-state index contributed by atoms with van der Waals surface area (Å²) in [6.07, 6.45) is 0.526. The van der Waals surface area contributed by atoms with Gasteiger partial charge in [0.15, 0.2) is 0 Å². The third-order valence-corrected chi connectivity index (χ3v) is 1.36. The first kappa shape index (κ1) is 9.69. The standard InChI is InChI=1S/C10H9F2N/c11-9-5-8(3-1-2-4-13)6-10(12)7-9/h5-7H,2,4,13H2. The fraction of sp³-hybridized carbons (Fsp3) is 0.200. The highest BCUT2D eigenvalue weighted by Crippen LogP contribution is 2.06. The van der Waals surface area contributed by atoms with Crippen LogP contribution in [0.2, 0.25) is 0 Å². The topological polar surface area (TPSA) is 26.0 Å². The Bertz CT molecular complexity index is 329. The molecule has 0 atom stereocenters. The Morgan fingerprint density at radius 3 is 2.31 bits per heavy atom. The van der Waals surface area contributed by atoms with Crippen LogP contribution in [0.3, 0.4) is 0 Å². The SMILES string of the molecule is NCCC#Cc1cc(F)cc(F)c1. The molecule has 1 aromatic carbocycles. The molecule has 2 N–H and O–H groups in total. The van der Waals surface area contributed by atoms with Crippen LogP contribution in [-0.4, -0.2) is 6.54 Å². The molecule has 0 bridgehead atoms. The van der Waals surface area contributed by atoms with Gasteiger partial charge in [-0.2, -0.15) is 0 Å². The molecular formula is C10H9F2N. The van der Waals surface area contributed by atoms with E-state index in [-0.39, 0.29) is 0 Å². The van der Waals surface area contributed by atoms with E-state index in [0.717, 1.165) is 6.07 Å². The summed E-state index contributed by atoms with van der Waals surface area (Å²) in [5.41, 5.74) is 5.54. The molecule has 0 heterocycles. The van der Waals surface area contributed by atoms with Crippen LogP contribution in [0.25, 0.3) is 0 Å². The van der Waals surface area contributed by atoms with Crippen molar-refractivity contribution >= 4 is 0 Å². The molecule has 1 aromatic rings. The van der Waals surface area contributed by atoms with Gasteiger partial charge < -0.3 is 5.73 Å². The maximum absolute atomic E-state index is 12.6. The normalized spacial score (nSPS) is 9.15. The van der Waals surface area contributed by atoms with Crippen molar-refractivity contribution in [3.63, 3.8) is 0 Å². The molecule has 1 nitrogen and oxygen atoms in total. The van der Waals surface area contributed by atoms with Crippen LogP contribution in [0.1, 0.15) is 12.0 Å². The van der Waals surface area contributed by atoms with Gasteiger partial charge >= 0.3 is 0 Å². The van der Waals surface area contributed by atoms with Crippen molar-refractivity contribution in [1.82, 2.24) is 0 Å². The van der Waals surface area contributed by atoms with Crippen LogP contribution in [-0.2, 0) is 0 Å². The highest BCUT2D eigenvalue weighted by molar-refractivity contribution is 5.34. The molecule has 0 unspecified atom stereocenters. The molecule has 1 rings (SSSR count). The predicted molar refractivity (Wildman–Crippen MR) is 46.9 cm³/mol. The van der Waals surface area contributed by atoms with Gasteiger partial charge in [0, 0.05) is 24.6 Å². The number of hydrogen-bond acceptors (Lipinski definition) is 1. The first-order chi connectivity index (χ1) is 6.22. The average Bonchev–Trinajstić information content (AvgIpc) is 2.03. The van der Waals surface area contributed by atoms with Crippen LogP contribution >= 0.6 is 0 Å². The molecule has 0 amide bonds. The summed E-state index contributed by atoms with van der Waals surface area (Å²) in [7, 11) is 0. The molecule has 0 aliphatic rings. The zero-order valence-corrected chi connectivity index (χ0v) is 6.98. The van der Waals surface area contributed by atoms with E-state index in [1.165, 1.54) is 12.1 Å². The molecule has 0 saturated heterocycles. The quantitative estimate of drug-likeness (QED) is 0.655. The predicted octanol–water partition coefficient (Wildman–Crippen LogP) is 1.67. The third kappa shape index (κ3) is 3.22. The van der Waals surface area contributed by atoms with E-state index < -0.39 is 11.6 Å². The van der Waals surface area contributed by atoms with Gasteiger partial charge in [-0.05, 0) is 12.1 Å². The van der Waals surface area contributed by atoms with Crippen LogP contribution in [0.15, 0.2) is 18.2 Å². The van der Waals surface area contributed by atoms with Gasteiger partial charge in [0.05, 0.1) is 0 Å². The van der Waals surface area contributed by atoms with Crippen LogP contribution in [0, 0.1) is 23.5 Å². The number of rotatable bonds is 1. The van der Waals surface area contributed by atoms with Gasteiger partial charge in [0.1, 0.15) is 11.6 Å². The molecule has 0 saturated carbocycles. The summed E-state index contributed by atoms with van der Waals surface area (Å²) in [5.74, 6) is 4.09. The Morgan fingerprint density at radius 2 is 1.77 bits per heavy atom. The smallest absolute Gasteiger partial charge is 0.127 e. The Kier molecular flexibility index (Phi) is 3.41. The second kappa shape index (κ2) is 4.58. The molecule has 68 valence electrons. The van der Waals surface area contributed by atoms with Gasteiger partial charge in [0.25, 0.3) is 0 Å².